The van der Waals surface area contributed by atoms with Crippen molar-refractivity contribution in [3.63, 3.8) is 0 Å². The maximum atomic E-state index is 12.2. The van der Waals surface area contributed by atoms with Crippen molar-refractivity contribution in [2.45, 2.75) is 44.2 Å². The number of nitrogens with zero attached hydrogens (tertiary/aromatic N) is 2. The second kappa shape index (κ2) is 8.35. The smallest absolute Gasteiger partial charge is 0.475 e. The first-order valence-corrected chi connectivity index (χ1v) is 9.63. The quantitative estimate of drug-likeness (QED) is 0.712. The van der Waals surface area contributed by atoms with E-state index in [1.54, 1.807) is 4.90 Å². The van der Waals surface area contributed by atoms with Gasteiger partial charge in [0, 0.05) is 26.1 Å². The number of carbonyl (C=O) groups is 2. The zero-order valence-corrected chi connectivity index (χ0v) is 14.9. The molecule has 2 saturated heterocycles. The van der Waals surface area contributed by atoms with Gasteiger partial charge in [-0.25, -0.2) is 13.2 Å². The Hall–Kier alpha value is -1.36. The highest BCUT2D eigenvalue weighted by atomic mass is 32.2. The Kier molecular flexibility index (Phi) is 7.24. The predicted octanol–water partition coefficient (Wildman–Crippen LogP) is 0.750. The Balaban J connectivity index is 0.000000381. The van der Waals surface area contributed by atoms with Crippen molar-refractivity contribution in [3.8, 4) is 0 Å². The molecular formula is C14H23F3N2O5S. The highest BCUT2D eigenvalue weighted by Gasteiger charge is 2.43. The average molecular weight is 388 g/mol. The van der Waals surface area contributed by atoms with Crippen LogP contribution in [0.2, 0.25) is 0 Å². The molecule has 0 unspecified atom stereocenters. The largest absolute Gasteiger partial charge is 0.490 e. The fourth-order valence-electron chi connectivity index (χ4n) is 3.14. The predicted molar refractivity (Wildman–Crippen MR) is 83.8 cm³/mol. The lowest BCUT2D eigenvalue weighted by Gasteiger charge is -2.39. The molecule has 2 rings (SSSR count). The van der Waals surface area contributed by atoms with Crippen LogP contribution in [-0.2, 0) is 19.4 Å². The maximum Gasteiger partial charge on any atom is 0.490 e. The molecule has 0 aromatic heterocycles. The molecule has 11 heteroatoms. The van der Waals surface area contributed by atoms with E-state index >= 15 is 0 Å². The number of rotatable bonds is 1. The first kappa shape index (κ1) is 21.7. The van der Waals surface area contributed by atoms with Gasteiger partial charge in [-0.15, -0.1) is 0 Å². The summed E-state index contributed by atoms with van der Waals surface area (Å²) in [7, 11) is -3.03. The highest BCUT2D eigenvalue weighted by molar-refractivity contribution is 7.92. The van der Waals surface area contributed by atoms with Crippen LogP contribution in [0.3, 0.4) is 0 Å². The number of likely N-dealkylation sites (tertiary alicyclic amines) is 1. The molecule has 0 saturated carbocycles. The molecule has 146 valence electrons. The number of hydrogen-bond acceptors (Lipinski definition) is 5. The van der Waals surface area contributed by atoms with Crippen LogP contribution >= 0.6 is 0 Å². The van der Waals surface area contributed by atoms with Crippen LogP contribution in [0.25, 0.3) is 0 Å². The first-order valence-electron chi connectivity index (χ1n) is 7.91. The molecule has 0 aromatic rings. The fourth-order valence-corrected chi connectivity index (χ4v) is 5.12. The minimum atomic E-state index is -5.08. The number of fused-ring (bicyclic) bond motifs is 1. The summed E-state index contributed by atoms with van der Waals surface area (Å²) in [5, 5.41) is 6.77. The Bertz CT molecular complexity index is 594. The molecule has 2 heterocycles. The number of halogens is 3. The Labute approximate surface area is 144 Å². The van der Waals surface area contributed by atoms with Gasteiger partial charge in [0.05, 0.1) is 11.0 Å². The molecule has 0 radical (unpaired) electrons. The second-order valence-electron chi connectivity index (χ2n) is 6.00. The molecule has 2 aliphatic rings. The number of aliphatic carboxylic acids is 1. The van der Waals surface area contributed by atoms with Gasteiger partial charge < -0.3 is 14.9 Å². The molecule has 2 fully saturated rings. The molecule has 0 bridgehead atoms. The fraction of sp³-hybridized carbons (Fsp3) is 0.857. The summed E-state index contributed by atoms with van der Waals surface area (Å²) in [6, 6.07) is -0.113. The van der Waals surface area contributed by atoms with Crippen molar-refractivity contribution < 1.29 is 36.3 Å². The van der Waals surface area contributed by atoms with Gasteiger partial charge >= 0.3 is 12.1 Å². The van der Waals surface area contributed by atoms with Crippen LogP contribution in [0.1, 0.15) is 26.7 Å². The van der Waals surface area contributed by atoms with Gasteiger partial charge in [-0.3, -0.25) is 4.79 Å². The van der Waals surface area contributed by atoms with Crippen molar-refractivity contribution in [1.29, 1.82) is 0 Å². The van der Waals surface area contributed by atoms with Crippen LogP contribution < -0.4 is 0 Å². The Morgan fingerprint density at radius 2 is 1.68 bits per heavy atom. The highest BCUT2D eigenvalue weighted by Crippen LogP contribution is 2.27. The van der Waals surface area contributed by atoms with Crippen molar-refractivity contribution in [3.05, 3.63) is 0 Å². The zero-order chi connectivity index (χ0) is 19.4. The molecule has 0 spiro atoms. The molecule has 0 aromatic carbocycles. The van der Waals surface area contributed by atoms with E-state index in [9.17, 15) is 26.4 Å². The number of carboxylic acids is 1. The van der Waals surface area contributed by atoms with Crippen LogP contribution in [0.15, 0.2) is 0 Å². The van der Waals surface area contributed by atoms with E-state index in [2.05, 4.69) is 11.8 Å². The summed E-state index contributed by atoms with van der Waals surface area (Å²) >= 11 is 0. The second-order valence-corrected chi connectivity index (χ2v) is 8.34. The Morgan fingerprint density at radius 1 is 1.16 bits per heavy atom. The summed E-state index contributed by atoms with van der Waals surface area (Å²) in [6.07, 6.45) is -3.65. The van der Waals surface area contributed by atoms with E-state index in [1.807, 2.05) is 0 Å². The van der Waals surface area contributed by atoms with Crippen molar-refractivity contribution >= 4 is 21.7 Å². The van der Waals surface area contributed by atoms with Gasteiger partial charge in [0.2, 0.25) is 5.91 Å². The zero-order valence-electron chi connectivity index (χ0n) is 14.1. The summed E-state index contributed by atoms with van der Waals surface area (Å²) in [4.78, 5) is 24.6. The van der Waals surface area contributed by atoms with E-state index in [0.29, 0.717) is 13.0 Å². The molecule has 7 nitrogen and oxygen atoms in total. The van der Waals surface area contributed by atoms with E-state index in [-0.39, 0.29) is 23.0 Å². The first-order chi connectivity index (χ1) is 11.4. The maximum absolute atomic E-state index is 12.2. The molecule has 0 aliphatic carbocycles. The monoisotopic (exact) mass is 388 g/mol. The summed E-state index contributed by atoms with van der Waals surface area (Å²) in [5.74, 6) is -2.63. The van der Waals surface area contributed by atoms with E-state index < -0.39 is 22.0 Å². The SMILES string of the molecule is CCN1CC[C@@H]2[C@H](CC1)N(C(C)=O)CCS2(=O)=O.O=C(O)C(F)(F)F. The van der Waals surface area contributed by atoms with Gasteiger partial charge in [-0.2, -0.15) is 13.2 Å². The van der Waals surface area contributed by atoms with E-state index in [4.69, 9.17) is 9.90 Å². The lowest BCUT2D eigenvalue weighted by Crippen LogP contribution is -2.56. The molecule has 1 N–H and O–H groups in total. The van der Waals surface area contributed by atoms with Crippen LogP contribution in [0.4, 0.5) is 13.2 Å². The molecule has 2 atom stereocenters. The molecule has 1 amide bonds. The lowest BCUT2D eigenvalue weighted by atomic mass is 10.1. The number of amides is 1. The van der Waals surface area contributed by atoms with Crippen LogP contribution in [0.5, 0.6) is 0 Å². The molecule has 25 heavy (non-hydrogen) atoms. The number of sulfone groups is 1. The van der Waals surface area contributed by atoms with E-state index in [1.165, 1.54) is 6.92 Å². The standard InChI is InChI=1S/C12H22N2O3S.C2HF3O2/c1-3-13-6-4-11-12(5-7-13)18(16,17)9-8-14(11)10(2)15;3-2(4,5)1(6)7/h11-12H,3-9H2,1-2H3;(H,6,7)/t11-,12+;/m0./s1. The average Bonchev–Trinajstić information content (AvgIpc) is 2.70. The van der Waals surface area contributed by atoms with Gasteiger partial charge in [-0.1, -0.05) is 6.92 Å². The van der Waals surface area contributed by atoms with Crippen LogP contribution in [0, 0.1) is 0 Å². The normalized spacial score (nSPS) is 26.7. The van der Waals surface area contributed by atoms with Gasteiger partial charge in [0.15, 0.2) is 9.84 Å². The van der Waals surface area contributed by atoms with Gasteiger partial charge in [-0.05, 0) is 25.9 Å². The van der Waals surface area contributed by atoms with Crippen molar-refractivity contribution in [1.82, 2.24) is 9.80 Å². The summed E-state index contributed by atoms with van der Waals surface area (Å²) < 4.78 is 56.1. The third-order valence-electron chi connectivity index (χ3n) is 4.47. The number of carbonyl (C=O) groups excluding carboxylic acids is 1. The topological polar surface area (TPSA) is 95.0 Å². The Morgan fingerprint density at radius 3 is 2.12 bits per heavy atom. The minimum absolute atomic E-state index is 0.00449. The van der Waals surface area contributed by atoms with Crippen LogP contribution in [-0.4, -0.2) is 84.6 Å². The number of carboxylic acid groups (broad SMARTS) is 1. The van der Waals surface area contributed by atoms with Crippen molar-refractivity contribution in [2.24, 2.45) is 0 Å². The minimum Gasteiger partial charge on any atom is -0.475 e. The third kappa shape index (κ3) is 5.84. The number of alkyl halides is 3. The van der Waals surface area contributed by atoms with Gasteiger partial charge in [0.25, 0.3) is 0 Å². The van der Waals surface area contributed by atoms with Gasteiger partial charge in [0.1, 0.15) is 0 Å². The van der Waals surface area contributed by atoms with E-state index in [0.717, 1.165) is 26.1 Å². The lowest BCUT2D eigenvalue weighted by molar-refractivity contribution is -0.192. The van der Waals surface area contributed by atoms with Crippen molar-refractivity contribution in [2.75, 3.05) is 31.9 Å². The third-order valence-corrected chi connectivity index (χ3v) is 6.70. The molecular weight excluding hydrogens is 365 g/mol. The number of hydrogen-bond donors (Lipinski definition) is 1. The molecule has 2 aliphatic heterocycles. The summed E-state index contributed by atoms with van der Waals surface area (Å²) in [6.45, 7) is 6.65. The summed E-state index contributed by atoms with van der Waals surface area (Å²) in [5.41, 5.74) is 0.